The molecule has 2 rings (SSSR count). The van der Waals surface area contributed by atoms with Crippen LogP contribution in [0.2, 0.25) is 0 Å². The van der Waals surface area contributed by atoms with Gasteiger partial charge in [0.05, 0.1) is 0 Å². The van der Waals surface area contributed by atoms with Crippen molar-refractivity contribution in [3.05, 3.63) is 0 Å². The van der Waals surface area contributed by atoms with E-state index in [0.29, 0.717) is 24.9 Å². The first-order chi connectivity index (χ1) is 10.0. The SMILES string of the molecule is CCC1CCCC(NS(=O)(=O)N2CCC(CNC)CC2)C1. The molecule has 0 aromatic rings. The van der Waals surface area contributed by atoms with Crippen LogP contribution in [0.3, 0.4) is 0 Å². The third-order valence-electron chi connectivity index (χ3n) is 5.08. The van der Waals surface area contributed by atoms with Gasteiger partial charge in [-0.3, -0.25) is 0 Å². The van der Waals surface area contributed by atoms with Crippen molar-refractivity contribution in [2.75, 3.05) is 26.7 Å². The van der Waals surface area contributed by atoms with Gasteiger partial charge in [-0.2, -0.15) is 17.4 Å². The highest BCUT2D eigenvalue weighted by Gasteiger charge is 2.31. The Morgan fingerprint density at radius 1 is 1.10 bits per heavy atom. The topological polar surface area (TPSA) is 61.4 Å². The van der Waals surface area contributed by atoms with Gasteiger partial charge in [0.15, 0.2) is 0 Å². The van der Waals surface area contributed by atoms with Gasteiger partial charge >= 0.3 is 0 Å². The Hall–Kier alpha value is -0.170. The Bertz CT molecular complexity index is 405. The highest BCUT2D eigenvalue weighted by molar-refractivity contribution is 7.87. The van der Waals surface area contributed by atoms with Crippen molar-refractivity contribution >= 4 is 10.2 Å². The lowest BCUT2D eigenvalue weighted by atomic mass is 9.85. The summed E-state index contributed by atoms with van der Waals surface area (Å²) in [7, 11) is -1.33. The second-order valence-electron chi connectivity index (χ2n) is 6.66. The van der Waals surface area contributed by atoms with E-state index in [2.05, 4.69) is 17.0 Å². The zero-order chi connectivity index (χ0) is 15.3. The van der Waals surface area contributed by atoms with Crippen LogP contribution in [0.1, 0.15) is 51.9 Å². The number of nitrogens with zero attached hydrogens (tertiary/aromatic N) is 1. The van der Waals surface area contributed by atoms with Crippen LogP contribution in [-0.2, 0) is 10.2 Å². The van der Waals surface area contributed by atoms with Gasteiger partial charge in [0.2, 0.25) is 0 Å². The highest BCUT2D eigenvalue weighted by atomic mass is 32.2. The van der Waals surface area contributed by atoms with Crippen molar-refractivity contribution in [1.29, 1.82) is 0 Å². The van der Waals surface area contributed by atoms with Crippen LogP contribution >= 0.6 is 0 Å². The summed E-state index contributed by atoms with van der Waals surface area (Å²) < 4.78 is 29.6. The summed E-state index contributed by atoms with van der Waals surface area (Å²) in [5.41, 5.74) is 0. The van der Waals surface area contributed by atoms with Crippen LogP contribution in [0.15, 0.2) is 0 Å². The molecule has 0 aromatic heterocycles. The molecule has 1 saturated carbocycles. The third-order valence-corrected chi connectivity index (χ3v) is 6.76. The second kappa shape index (κ2) is 7.90. The van der Waals surface area contributed by atoms with Crippen LogP contribution in [0, 0.1) is 11.8 Å². The van der Waals surface area contributed by atoms with Gasteiger partial charge in [-0.15, -0.1) is 0 Å². The molecule has 2 fully saturated rings. The van der Waals surface area contributed by atoms with Crippen LogP contribution < -0.4 is 10.0 Å². The molecule has 1 aliphatic heterocycles. The van der Waals surface area contributed by atoms with Crippen molar-refractivity contribution in [3.63, 3.8) is 0 Å². The van der Waals surface area contributed by atoms with Crippen molar-refractivity contribution in [3.8, 4) is 0 Å². The summed E-state index contributed by atoms with van der Waals surface area (Å²) in [6, 6.07) is 0.142. The van der Waals surface area contributed by atoms with Gasteiger partial charge < -0.3 is 5.32 Å². The smallest absolute Gasteiger partial charge is 0.279 e. The van der Waals surface area contributed by atoms with Gasteiger partial charge in [0, 0.05) is 19.1 Å². The van der Waals surface area contributed by atoms with E-state index in [1.165, 1.54) is 6.42 Å². The van der Waals surface area contributed by atoms with Crippen molar-refractivity contribution in [2.24, 2.45) is 11.8 Å². The maximum atomic E-state index is 12.5. The lowest BCUT2D eigenvalue weighted by Crippen LogP contribution is -2.49. The normalized spacial score (nSPS) is 29.6. The average molecular weight is 317 g/mol. The van der Waals surface area contributed by atoms with E-state index in [1.807, 2.05) is 7.05 Å². The molecule has 1 aliphatic carbocycles. The van der Waals surface area contributed by atoms with Gasteiger partial charge in [0.25, 0.3) is 10.2 Å². The summed E-state index contributed by atoms with van der Waals surface area (Å²) in [5, 5.41) is 3.18. The molecule has 0 amide bonds. The zero-order valence-corrected chi connectivity index (χ0v) is 14.3. The molecule has 2 unspecified atom stereocenters. The van der Waals surface area contributed by atoms with E-state index in [4.69, 9.17) is 0 Å². The molecule has 1 heterocycles. The Morgan fingerprint density at radius 3 is 2.43 bits per heavy atom. The first kappa shape index (κ1) is 17.2. The van der Waals surface area contributed by atoms with E-state index >= 15 is 0 Å². The molecule has 0 spiro atoms. The van der Waals surface area contributed by atoms with Crippen LogP contribution in [0.25, 0.3) is 0 Å². The largest absolute Gasteiger partial charge is 0.319 e. The number of hydrogen-bond acceptors (Lipinski definition) is 3. The predicted molar refractivity (Wildman–Crippen MR) is 86.3 cm³/mol. The van der Waals surface area contributed by atoms with E-state index in [9.17, 15) is 8.42 Å². The van der Waals surface area contributed by atoms with E-state index in [0.717, 1.165) is 45.1 Å². The quantitative estimate of drug-likeness (QED) is 0.784. The standard InChI is InChI=1S/C15H31N3O2S/c1-3-13-5-4-6-15(11-13)17-21(19,20)18-9-7-14(8-10-18)12-16-2/h13-17H,3-12H2,1-2H3. The molecule has 2 atom stereocenters. The summed E-state index contributed by atoms with van der Waals surface area (Å²) in [5.74, 6) is 1.30. The van der Waals surface area contributed by atoms with Crippen molar-refractivity contribution < 1.29 is 8.42 Å². The number of nitrogens with one attached hydrogen (secondary N) is 2. The fourth-order valence-electron chi connectivity index (χ4n) is 3.70. The maximum absolute atomic E-state index is 12.5. The molecule has 5 nitrogen and oxygen atoms in total. The molecule has 21 heavy (non-hydrogen) atoms. The Balaban J connectivity index is 1.84. The van der Waals surface area contributed by atoms with Crippen LogP contribution in [-0.4, -0.2) is 45.4 Å². The minimum atomic E-state index is -3.29. The van der Waals surface area contributed by atoms with E-state index < -0.39 is 10.2 Å². The monoisotopic (exact) mass is 317 g/mol. The molecule has 124 valence electrons. The summed E-state index contributed by atoms with van der Waals surface area (Å²) >= 11 is 0. The zero-order valence-electron chi connectivity index (χ0n) is 13.5. The fraction of sp³-hybridized carbons (Fsp3) is 1.00. The number of rotatable bonds is 6. The molecule has 1 saturated heterocycles. The third kappa shape index (κ3) is 4.91. The second-order valence-corrected chi connectivity index (χ2v) is 8.36. The Labute approximate surface area is 130 Å². The summed E-state index contributed by atoms with van der Waals surface area (Å²) in [6.07, 6.45) is 7.49. The summed E-state index contributed by atoms with van der Waals surface area (Å²) in [6.45, 7) is 4.51. The molecule has 0 bridgehead atoms. The van der Waals surface area contributed by atoms with Crippen LogP contribution in [0.5, 0.6) is 0 Å². The van der Waals surface area contributed by atoms with Gasteiger partial charge in [-0.05, 0) is 51.1 Å². The Kier molecular flexibility index (Phi) is 6.47. The molecule has 2 N–H and O–H groups in total. The average Bonchev–Trinajstić information content (AvgIpc) is 2.48. The van der Waals surface area contributed by atoms with Gasteiger partial charge in [-0.25, -0.2) is 0 Å². The highest BCUT2D eigenvalue weighted by Crippen LogP contribution is 2.27. The first-order valence-electron chi connectivity index (χ1n) is 8.47. The van der Waals surface area contributed by atoms with E-state index in [-0.39, 0.29) is 6.04 Å². The number of piperidine rings is 1. The molecular formula is C15H31N3O2S. The molecule has 2 aliphatic rings. The molecule has 0 aromatic carbocycles. The van der Waals surface area contributed by atoms with E-state index in [1.54, 1.807) is 4.31 Å². The van der Waals surface area contributed by atoms with Gasteiger partial charge in [0.1, 0.15) is 0 Å². The predicted octanol–water partition coefficient (Wildman–Crippen LogP) is 1.72. The molecular weight excluding hydrogens is 286 g/mol. The minimum absolute atomic E-state index is 0.142. The van der Waals surface area contributed by atoms with Gasteiger partial charge in [-0.1, -0.05) is 26.2 Å². The summed E-state index contributed by atoms with van der Waals surface area (Å²) in [4.78, 5) is 0. The fourth-order valence-corrected chi connectivity index (χ4v) is 5.17. The Morgan fingerprint density at radius 2 is 1.81 bits per heavy atom. The number of hydrogen-bond donors (Lipinski definition) is 2. The van der Waals surface area contributed by atoms with Crippen molar-refractivity contribution in [1.82, 2.24) is 14.3 Å². The minimum Gasteiger partial charge on any atom is -0.319 e. The lowest BCUT2D eigenvalue weighted by molar-refractivity contribution is 0.258. The van der Waals surface area contributed by atoms with Crippen molar-refractivity contribution in [2.45, 2.75) is 57.9 Å². The maximum Gasteiger partial charge on any atom is 0.279 e. The lowest BCUT2D eigenvalue weighted by Gasteiger charge is -2.34. The van der Waals surface area contributed by atoms with Crippen LogP contribution in [0.4, 0.5) is 0 Å². The first-order valence-corrected chi connectivity index (χ1v) is 9.91. The molecule has 6 heteroatoms. The molecule has 0 radical (unpaired) electrons.